The molecule has 1 saturated carbocycles. The van der Waals surface area contributed by atoms with Gasteiger partial charge in [0, 0.05) is 23.5 Å². The number of aromatic amines is 1. The number of amides is 1. The first-order valence-corrected chi connectivity index (χ1v) is 9.42. The van der Waals surface area contributed by atoms with E-state index in [0.29, 0.717) is 17.4 Å². The number of rotatable bonds is 3. The first kappa shape index (κ1) is 16.7. The van der Waals surface area contributed by atoms with Crippen LogP contribution in [0.5, 0.6) is 0 Å². The summed E-state index contributed by atoms with van der Waals surface area (Å²) in [4.78, 5) is 24.1. The minimum absolute atomic E-state index is 0.118. The monoisotopic (exact) mass is 375 g/mol. The molecule has 1 aromatic carbocycles. The second kappa shape index (κ2) is 6.05. The number of fused-ring (bicyclic) bond motifs is 2. The summed E-state index contributed by atoms with van der Waals surface area (Å²) in [5.41, 5.74) is 11.2. The maximum atomic E-state index is 12.0. The highest BCUT2D eigenvalue weighted by molar-refractivity contribution is 6.03. The van der Waals surface area contributed by atoms with Crippen LogP contribution < -0.4 is 11.1 Å². The number of benzene rings is 1. The van der Waals surface area contributed by atoms with Crippen molar-refractivity contribution in [1.82, 2.24) is 30.0 Å². The minimum atomic E-state index is -0.118. The molecule has 3 heterocycles. The molecule has 0 atom stereocenters. The van der Waals surface area contributed by atoms with Crippen LogP contribution in [0.25, 0.3) is 33.3 Å². The average Bonchev–Trinajstić information content (AvgIpc) is 3.19. The molecule has 28 heavy (non-hydrogen) atoms. The van der Waals surface area contributed by atoms with Crippen LogP contribution >= 0.6 is 0 Å². The number of H-pyrrole nitrogens is 1. The molecule has 1 aliphatic rings. The van der Waals surface area contributed by atoms with E-state index in [0.717, 1.165) is 51.7 Å². The second-order valence-corrected chi connectivity index (χ2v) is 7.30. The fraction of sp³-hybridized carbons (Fsp3) is 0.300. The summed E-state index contributed by atoms with van der Waals surface area (Å²) < 4.78 is 1.99. The van der Waals surface area contributed by atoms with Crippen LogP contribution in [0.2, 0.25) is 0 Å². The summed E-state index contributed by atoms with van der Waals surface area (Å²) in [5, 5.41) is 9.37. The van der Waals surface area contributed by atoms with Crippen LogP contribution in [0.1, 0.15) is 41.2 Å². The Bertz CT molecular complexity index is 1230. The molecular weight excluding hydrogens is 354 g/mol. The number of hydrogen-bond donors (Lipinski definition) is 3. The Balaban J connectivity index is 1.75. The number of carbonyl (C=O) groups is 1. The van der Waals surface area contributed by atoms with E-state index < -0.39 is 0 Å². The Morgan fingerprint density at radius 3 is 2.86 bits per heavy atom. The van der Waals surface area contributed by atoms with Crippen LogP contribution in [0.15, 0.2) is 24.5 Å². The standard InChI is InChI=1S/C20H21N7O/c1-10-13-7-6-11(20(28)22-2)8-14(13)25-16(10)17-15-18(21)23-9-24-19(15)27(26-17)12-4-3-5-12/h6-9,12,25H,3-5H2,1-2H3,(H,22,28)(H2,21,23,24). The lowest BCUT2D eigenvalue weighted by Gasteiger charge is -2.25. The van der Waals surface area contributed by atoms with Crippen molar-refractivity contribution >= 4 is 33.7 Å². The van der Waals surface area contributed by atoms with Crippen molar-refractivity contribution < 1.29 is 4.79 Å². The number of nitrogens with zero attached hydrogens (tertiary/aromatic N) is 4. The van der Waals surface area contributed by atoms with Gasteiger partial charge in [-0.3, -0.25) is 4.79 Å². The molecule has 0 bridgehead atoms. The van der Waals surface area contributed by atoms with Gasteiger partial charge in [-0.15, -0.1) is 0 Å². The van der Waals surface area contributed by atoms with Gasteiger partial charge in [-0.05, 0) is 43.9 Å². The molecule has 0 spiro atoms. The maximum absolute atomic E-state index is 12.0. The van der Waals surface area contributed by atoms with Gasteiger partial charge in [0.15, 0.2) is 5.65 Å². The van der Waals surface area contributed by atoms with Crippen molar-refractivity contribution in [2.24, 2.45) is 0 Å². The predicted molar refractivity (Wildman–Crippen MR) is 108 cm³/mol. The lowest BCUT2D eigenvalue weighted by atomic mass is 9.93. The van der Waals surface area contributed by atoms with Gasteiger partial charge in [0.05, 0.1) is 17.1 Å². The molecule has 0 saturated heterocycles. The summed E-state index contributed by atoms with van der Waals surface area (Å²) in [7, 11) is 1.62. The first-order chi connectivity index (χ1) is 13.6. The molecule has 1 aliphatic carbocycles. The van der Waals surface area contributed by atoms with Gasteiger partial charge >= 0.3 is 0 Å². The Labute approximate surface area is 161 Å². The van der Waals surface area contributed by atoms with Crippen LogP contribution in [0, 0.1) is 6.92 Å². The van der Waals surface area contributed by atoms with Crippen LogP contribution in [0.4, 0.5) is 5.82 Å². The summed E-state index contributed by atoms with van der Waals surface area (Å²) in [6.45, 7) is 2.04. The smallest absolute Gasteiger partial charge is 0.251 e. The van der Waals surface area contributed by atoms with Crippen LogP contribution in [0.3, 0.4) is 0 Å². The Kier molecular flexibility index (Phi) is 3.61. The first-order valence-electron chi connectivity index (χ1n) is 9.42. The normalized spacial score (nSPS) is 14.5. The molecule has 1 fully saturated rings. The van der Waals surface area contributed by atoms with E-state index in [1.807, 2.05) is 29.8 Å². The zero-order valence-corrected chi connectivity index (χ0v) is 15.8. The number of nitrogen functional groups attached to an aromatic ring is 1. The van der Waals surface area contributed by atoms with Gasteiger partial charge in [-0.2, -0.15) is 5.10 Å². The van der Waals surface area contributed by atoms with Gasteiger partial charge in [0.2, 0.25) is 0 Å². The van der Waals surface area contributed by atoms with Crippen molar-refractivity contribution in [2.75, 3.05) is 12.8 Å². The summed E-state index contributed by atoms with van der Waals surface area (Å²) >= 11 is 0. The predicted octanol–water partition coefficient (Wildman–Crippen LogP) is 2.95. The number of carbonyl (C=O) groups excluding carboxylic acids is 1. The van der Waals surface area contributed by atoms with E-state index in [4.69, 9.17) is 10.8 Å². The van der Waals surface area contributed by atoms with Crippen molar-refractivity contribution in [1.29, 1.82) is 0 Å². The van der Waals surface area contributed by atoms with Crippen molar-refractivity contribution in [3.8, 4) is 11.4 Å². The number of nitrogens with one attached hydrogen (secondary N) is 2. The van der Waals surface area contributed by atoms with Gasteiger partial charge < -0.3 is 16.0 Å². The van der Waals surface area contributed by atoms with Gasteiger partial charge in [-0.1, -0.05) is 6.07 Å². The molecule has 5 rings (SSSR count). The number of anilines is 1. The molecule has 0 aliphatic heterocycles. The van der Waals surface area contributed by atoms with Gasteiger partial charge in [-0.25, -0.2) is 14.6 Å². The molecule has 0 radical (unpaired) electrons. The maximum Gasteiger partial charge on any atom is 0.251 e. The fourth-order valence-corrected chi connectivity index (χ4v) is 3.92. The number of hydrogen-bond acceptors (Lipinski definition) is 5. The largest absolute Gasteiger partial charge is 0.383 e. The molecule has 4 N–H and O–H groups in total. The van der Waals surface area contributed by atoms with Crippen LogP contribution in [-0.2, 0) is 0 Å². The quantitative estimate of drug-likeness (QED) is 0.509. The van der Waals surface area contributed by atoms with Crippen molar-refractivity contribution in [3.05, 3.63) is 35.7 Å². The third-order valence-corrected chi connectivity index (χ3v) is 5.72. The second-order valence-electron chi connectivity index (χ2n) is 7.30. The molecule has 4 aromatic rings. The third-order valence-electron chi connectivity index (χ3n) is 5.72. The lowest BCUT2D eigenvalue weighted by Crippen LogP contribution is -2.18. The highest BCUT2D eigenvalue weighted by atomic mass is 16.1. The van der Waals surface area contributed by atoms with E-state index in [9.17, 15) is 4.79 Å². The number of aromatic nitrogens is 5. The molecular formula is C20H21N7O. The topological polar surface area (TPSA) is 115 Å². The third kappa shape index (κ3) is 2.30. The minimum Gasteiger partial charge on any atom is -0.383 e. The van der Waals surface area contributed by atoms with E-state index in [-0.39, 0.29) is 5.91 Å². The Hall–Kier alpha value is -3.42. The highest BCUT2D eigenvalue weighted by Gasteiger charge is 2.27. The average molecular weight is 375 g/mol. The summed E-state index contributed by atoms with van der Waals surface area (Å²) in [5.74, 6) is 0.308. The molecule has 8 heteroatoms. The lowest BCUT2D eigenvalue weighted by molar-refractivity contribution is 0.0963. The van der Waals surface area contributed by atoms with Crippen molar-refractivity contribution in [3.63, 3.8) is 0 Å². The van der Waals surface area contributed by atoms with Crippen LogP contribution in [-0.4, -0.2) is 37.7 Å². The van der Waals surface area contributed by atoms with E-state index in [2.05, 4.69) is 20.3 Å². The molecule has 1 amide bonds. The molecule has 0 unspecified atom stereocenters. The zero-order chi connectivity index (χ0) is 19.4. The number of aryl methyl sites for hydroxylation is 1. The fourth-order valence-electron chi connectivity index (χ4n) is 3.92. The molecule has 142 valence electrons. The molecule has 8 nitrogen and oxygen atoms in total. The van der Waals surface area contributed by atoms with Crippen molar-refractivity contribution in [2.45, 2.75) is 32.2 Å². The van der Waals surface area contributed by atoms with Gasteiger partial charge in [0.25, 0.3) is 5.91 Å². The van der Waals surface area contributed by atoms with E-state index >= 15 is 0 Å². The Morgan fingerprint density at radius 2 is 2.14 bits per heavy atom. The van der Waals surface area contributed by atoms with E-state index in [1.165, 1.54) is 12.7 Å². The van der Waals surface area contributed by atoms with E-state index in [1.54, 1.807) is 7.05 Å². The highest BCUT2D eigenvalue weighted by Crippen LogP contribution is 2.39. The van der Waals surface area contributed by atoms with Gasteiger partial charge in [0.1, 0.15) is 17.8 Å². The summed E-state index contributed by atoms with van der Waals surface area (Å²) in [6, 6.07) is 6.00. The number of nitrogens with two attached hydrogens (primary N) is 1. The Morgan fingerprint density at radius 1 is 1.32 bits per heavy atom. The SMILES string of the molecule is CNC(=O)c1ccc2c(C)c(-c3nn(C4CCC4)c4ncnc(N)c34)[nH]c2c1. The molecule has 3 aromatic heterocycles. The zero-order valence-electron chi connectivity index (χ0n) is 15.8. The summed E-state index contributed by atoms with van der Waals surface area (Å²) in [6.07, 6.45) is 4.89.